The summed E-state index contributed by atoms with van der Waals surface area (Å²) in [5.74, 6) is -0.0541. The number of rotatable bonds is 4. The largest absolute Gasteiger partial charge is 0.505 e. The number of hydrogen-bond donors (Lipinski definition) is 2. The maximum Gasteiger partial charge on any atom is 0.433 e. The van der Waals surface area contributed by atoms with Gasteiger partial charge in [0.2, 0.25) is 0 Å². The van der Waals surface area contributed by atoms with Crippen molar-refractivity contribution in [1.29, 1.82) is 0 Å². The number of nitrogens with one attached hydrogen (secondary N) is 1. The molecule has 0 aliphatic heterocycles. The SMILES string of the molecule is Oc1c(C(Nc2ccc(C(F)(F)F)nc2)c2ccc(Cl)c(Cl)c2)ccc2cccnc12. The Morgan fingerprint density at radius 2 is 1.74 bits per heavy atom. The molecule has 0 amide bonds. The van der Waals surface area contributed by atoms with Crippen LogP contribution in [0.25, 0.3) is 10.9 Å². The Labute approximate surface area is 185 Å². The summed E-state index contributed by atoms with van der Waals surface area (Å²) in [6.07, 6.45) is -1.89. The highest BCUT2D eigenvalue weighted by atomic mass is 35.5. The summed E-state index contributed by atoms with van der Waals surface area (Å²) >= 11 is 12.2. The first-order valence-electron chi connectivity index (χ1n) is 9.05. The van der Waals surface area contributed by atoms with Gasteiger partial charge >= 0.3 is 6.18 Å². The van der Waals surface area contributed by atoms with Crippen LogP contribution in [0.3, 0.4) is 0 Å². The molecule has 2 aromatic carbocycles. The molecule has 9 heteroatoms. The maximum absolute atomic E-state index is 12.8. The highest BCUT2D eigenvalue weighted by Gasteiger charge is 2.32. The summed E-state index contributed by atoms with van der Waals surface area (Å²) in [5, 5.41) is 15.4. The number of alkyl halides is 3. The number of aromatic nitrogens is 2. The number of aromatic hydroxyl groups is 1. The molecule has 4 rings (SSSR count). The zero-order valence-electron chi connectivity index (χ0n) is 15.7. The van der Waals surface area contributed by atoms with Gasteiger partial charge in [-0.1, -0.05) is 47.5 Å². The van der Waals surface area contributed by atoms with Crippen LogP contribution in [0.4, 0.5) is 18.9 Å². The average Bonchev–Trinajstić information content (AvgIpc) is 2.75. The van der Waals surface area contributed by atoms with E-state index >= 15 is 0 Å². The second-order valence-corrected chi connectivity index (χ2v) is 7.57. The third kappa shape index (κ3) is 4.38. The Bertz CT molecular complexity index is 1250. The van der Waals surface area contributed by atoms with Crippen LogP contribution < -0.4 is 5.32 Å². The van der Waals surface area contributed by atoms with Crippen LogP contribution in [0.1, 0.15) is 22.9 Å². The summed E-state index contributed by atoms with van der Waals surface area (Å²) in [4.78, 5) is 7.72. The third-order valence-corrected chi connectivity index (χ3v) is 5.47. The smallest absolute Gasteiger partial charge is 0.433 e. The van der Waals surface area contributed by atoms with E-state index in [0.717, 1.165) is 17.6 Å². The van der Waals surface area contributed by atoms with Crippen LogP contribution in [0.2, 0.25) is 10.0 Å². The molecule has 0 saturated carbocycles. The van der Waals surface area contributed by atoms with Crippen LogP contribution in [-0.4, -0.2) is 15.1 Å². The fraction of sp³-hybridized carbons (Fsp3) is 0.0909. The molecule has 2 N–H and O–H groups in total. The van der Waals surface area contributed by atoms with E-state index in [-0.39, 0.29) is 5.75 Å². The number of hydrogen-bond acceptors (Lipinski definition) is 4. The lowest BCUT2D eigenvalue weighted by Crippen LogP contribution is -2.14. The molecule has 0 saturated heterocycles. The molecule has 4 aromatic rings. The van der Waals surface area contributed by atoms with Gasteiger partial charge < -0.3 is 10.4 Å². The fourth-order valence-corrected chi connectivity index (χ4v) is 3.53. The minimum absolute atomic E-state index is 0.0541. The van der Waals surface area contributed by atoms with Crippen LogP contribution in [-0.2, 0) is 6.18 Å². The van der Waals surface area contributed by atoms with Crippen molar-refractivity contribution in [3.8, 4) is 5.75 Å². The molecule has 1 unspecified atom stereocenters. The molecule has 1 atom stereocenters. The molecule has 0 aliphatic carbocycles. The van der Waals surface area contributed by atoms with Crippen LogP contribution in [0.15, 0.2) is 67.0 Å². The van der Waals surface area contributed by atoms with E-state index in [1.54, 1.807) is 42.6 Å². The number of halogens is 5. The Hall–Kier alpha value is -3.03. The van der Waals surface area contributed by atoms with Gasteiger partial charge in [0, 0.05) is 17.1 Å². The van der Waals surface area contributed by atoms with Gasteiger partial charge in [-0.05, 0) is 35.9 Å². The Morgan fingerprint density at radius 3 is 2.42 bits per heavy atom. The molecule has 0 aliphatic rings. The molecule has 4 nitrogen and oxygen atoms in total. The molecule has 31 heavy (non-hydrogen) atoms. The molecular formula is C22H14Cl2F3N3O. The zero-order valence-corrected chi connectivity index (χ0v) is 17.2. The highest BCUT2D eigenvalue weighted by Crippen LogP contribution is 2.38. The number of phenols is 1. The standard InChI is InChI=1S/C22H14Cl2F3N3O/c23-16-7-4-13(10-17(16)24)19(30-14-5-8-18(29-11-14)22(25,26)27)15-6-3-12-2-1-9-28-20(12)21(15)31/h1-11,19,30-31H. The maximum atomic E-state index is 12.8. The number of fused-ring (bicyclic) bond motifs is 1. The first-order chi connectivity index (χ1) is 14.7. The van der Waals surface area contributed by atoms with Crippen LogP contribution >= 0.6 is 23.2 Å². The lowest BCUT2D eigenvalue weighted by Gasteiger charge is -2.23. The molecule has 0 spiro atoms. The summed E-state index contributed by atoms with van der Waals surface area (Å²) in [6, 6.07) is 13.5. The summed E-state index contributed by atoms with van der Waals surface area (Å²) in [5.41, 5.74) is 0.827. The van der Waals surface area contributed by atoms with Crippen molar-refractivity contribution in [2.45, 2.75) is 12.2 Å². The summed E-state index contributed by atoms with van der Waals surface area (Å²) in [6.45, 7) is 0. The minimum atomic E-state index is -4.54. The second-order valence-electron chi connectivity index (χ2n) is 6.76. The topological polar surface area (TPSA) is 58.0 Å². The predicted octanol–water partition coefficient (Wildman–Crippen LogP) is 6.86. The monoisotopic (exact) mass is 463 g/mol. The van der Waals surface area contributed by atoms with Crippen molar-refractivity contribution < 1.29 is 18.3 Å². The number of pyridine rings is 2. The van der Waals surface area contributed by atoms with Crippen molar-refractivity contribution in [2.24, 2.45) is 0 Å². The van der Waals surface area contributed by atoms with Gasteiger partial charge in [-0.25, -0.2) is 4.98 Å². The van der Waals surface area contributed by atoms with Gasteiger partial charge in [-0.2, -0.15) is 13.2 Å². The predicted molar refractivity (Wildman–Crippen MR) is 115 cm³/mol. The van der Waals surface area contributed by atoms with Gasteiger partial charge in [-0.3, -0.25) is 4.98 Å². The molecular weight excluding hydrogens is 450 g/mol. The molecule has 2 aromatic heterocycles. The second kappa shape index (κ2) is 8.24. The lowest BCUT2D eigenvalue weighted by molar-refractivity contribution is -0.141. The van der Waals surface area contributed by atoms with Crippen molar-refractivity contribution in [3.63, 3.8) is 0 Å². The summed E-state index contributed by atoms with van der Waals surface area (Å²) < 4.78 is 38.5. The molecule has 0 fully saturated rings. The molecule has 2 heterocycles. The van der Waals surface area contributed by atoms with E-state index in [4.69, 9.17) is 23.2 Å². The minimum Gasteiger partial charge on any atom is -0.505 e. The van der Waals surface area contributed by atoms with Crippen LogP contribution in [0.5, 0.6) is 5.75 Å². The van der Waals surface area contributed by atoms with Gasteiger partial charge in [0.05, 0.1) is 28.0 Å². The third-order valence-electron chi connectivity index (χ3n) is 4.73. The number of phenolic OH excluding ortho intramolecular Hbond substituents is 1. The normalized spacial score (nSPS) is 12.7. The quantitative estimate of drug-likeness (QED) is 0.346. The summed E-state index contributed by atoms with van der Waals surface area (Å²) in [7, 11) is 0. The van der Waals surface area contributed by atoms with Gasteiger partial charge in [-0.15, -0.1) is 0 Å². The molecule has 0 radical (unpaired) electrons. The van der Waals surface area contributed by atoms with Gasteiger partial charge in [0.15, 0.2) is 0 Å². The Kier molecular flexibility index (Phi) is 5.64. The zero-order chi connectivity index (χ0) is 22.2. The van der Waals surface area contributed by atoms with E-state index in [0.29, 0.717) is 32.4 Å². The Morgan fingerprint density at radius 1 is 0.935 bits per heavy atom. The highest BCUT2D eigenvalue weighted by molar-refractivity contribution is 6.42. The first-order valence-corrected chi connectivity index (χ1v) is 9.81. The Balaban J connectivity index is 1.80. The van der Waals surface area contributed by atoms with Crippen molar-refractivity contribution in [1.82, 2.24) is 9.97 Å². The van der Waals surface area contributed by atoms with Crippen molar-refractivity contribution >= 4 is 39.8 Å². The van der Waals surface area contributed by atoms with E-state index in [1.807, 2.05) is 6.07 Å². The molecule has 0 bridgehead atoms. The van der Waals surface area contributed by atoms with Crippen LogP contribution in [0, 0.1) is 0 Å². The van der Waals surface area contributed by atoms with Crippen molar-refractivity contribution in [3.05, 3.63) is 93.9 Å². The lowest BCUT2D eigenvalue weighted by atomic mass is 9.96. The molecule has 158 valence electrons. The van der Waals surface area contributed by atoms with E-state index in [1.165, 1.54) is 6.07 Å². The average molecular weight is 464 g/mol. The first kappa shape index (κ1) is 21.2. The van der Waals surface area contributed by atoms with E-state index in [9.17, 15) is 18.3 Å². The van der Waals surface area contributed by atoms with E-state index in [2.05, 4.69) is 15.3 Å². The van der Waals surface area contributed by atoms with Gasteiger partial charge in [0.25, 0.3) is 0 Å². The van der Waals surface area contributed by atoms with Crippen molar-refractivity contribution in [2.75, 3.05) is 5.32 Å². The fourth-order valence-electron chi connectivity index (χ4n) is 3.22. The number of benzene rings is 2. The van der Waals surface area contributed by atoms with E-state index < -0.39 is 17.9 Å². The van der Waals surface area contributed by atoms with Gasteiger partial charge in [0.1, 0.15) is 17.0 Å². The number of anilines is 1. The number of nitrogens with zero attached hydrogens (tertiary/aromatic N) is 2.